The SMILES string of the molecule is COc1cc(C(C)N[C@@H](C)c2ccc(Br)cc2)ccc1F. The van der Waals surface area contributed by atoms with Crippen molar-refractivity contribution in [2.24, 2.45) is 0 Å². The summed E-state index contributed by atoms with van der Waals surface area (Å²) < 4.78 is 19.5. The predicted molar refractivity (Wildman–Crippen MR) is 87.1 cm³/mol. The number of hydrogen-bond donors (Lipinski definition) is 1. The van der Waals surface area contributed by atoms with E-state index in [1.807, 2.05) is 12.1 Å². The lowest BCUT2D eigenvalue weighted by Crippen LogP contribution is -2.22. The normalized spacial score (nSPS) is 13.8. The number of hydrogen-bond acceptors (Lipinski definition) is 2. The van der Waals surface area contributed by atoms with E-state index in [1.165, 1.54) is 18.7 Å². The molecule has 2 aromatic carbocycles. The van der Waals surface area contributed by atoms with Gasteiger partial charge in [-0.1, -0.05) is 34.1 Å². The molecular weight excluding hydrogens is 333 g/mol. The lowest BCUT2D eigenvalue weighted by atomic mass is 10.0. The highest BCUT2D eigenvalue weighted by molar-refractivity contribution is 9.10. The molecule has 4 heteroatoms. The fourth-order valence-electron chi connectivity index (χ4n) is 2.26. The Morgan fingerprint density at radius 3 is 2.19 bits per heavy atom. The second-order valence-corrected chi connectivity index (χ2v) is 5.97. The largest absolute Gasteiger partial charge is 0.494 e. The molecule has 0 aliphatic heterocycles. The molecule has 0 spiro atoms. The van der Waals surface area contributed by atoms with E-state index >= 15 is 0 Å². The van der Waals surface area contributed by atoms with Crippen LogP contribution in [0.1, 0.15) is 37.1 Å². The van der Waals surface area contributed by atoms with E-state index in [0.717, 1.165) is 10.0 Å². The third kappa shape index (κ3) is 4.05. The zero-order valence-corrected chi connectivity index (χ0v) is 13.9. The van der Waals surface area contributed by atoms with Crippen LogP contribution in [0, 0.1) is 5.82 Å². The minimum absolute atomic E-state index is 0.0955. The fourth-order valence-corrected chi connectivity index (χ4v) is 2.53. The second-order valence-electron chi connectivity index (χ2n) is 5.06. The number of rotatable bonds is 5. The molecule has 0 amide bonds. The van der Waals surface area contributed by atoms with Gasteiger partial charge in [-0.05, 0) is 49.2 Å². The Kier molecular flexibility index (Phi) is 5.37. The average molecular weight is 352 g/mol. The van der Waals surface area contributed by atoms with Crippen LogP contribution >= 0.6 is 15.9 Å². The Morgan fingerprint density at radius 2 is 1.57 bits per heavy atom. The summed E-state index contributed by atoms with van der Waals surface area (Å²) in [5, 5.41) is 3.51. The molecule has 0 radical (unpaired) electrons. The topological polar surface area (TPSA) is 21.3 Å². The third-order valence-electron chi connectivity index (χ3n) is 3.55. The Bertz CT molecular complexity index is 600. The summed E-state index contributed by atoms with van der Waals surface area (Å²) in [6, 6.07) is 13.5. The van der Waals surface area contributed by atoms with Gasteiger partial charge in [0.1, 0.15) is 0 Å². The summed E-state index contributed by atoms with van der Waals surface area (Å²) in [6.07, 6.45) is 0. The van der Waals surface area contributed by atoms with Crippen LogP contribution in [0.3, 0.4) is 0 Å². The smallest absolute Gasteiger partial charge is 0.165 e. The highest BCUT2D eigenvalue weighted by Gasteiger charge is 2.13. The molecule has 2 aromatic rings. The first-order valence-electron chi connectivity index (χ1n) is 6.86. The zero-order chi connectivity index (χ0) is 15.4. The molecule has 0 heterocycles. The monoisotopic (exact) mass is 351 g/mol. The minimum atomic E-state index is -0.339. The van der Waals surface area contributed by atoms with E-state index in [2.05, 4.69) is 47.2 Å². The molecule has 0 aliphatic rings. The third-order valence-corrected chi connectivity index (χ3v) is 4.07. The van der Waals surface area contributed by atoms with Crippen LogP contribution in [0.2, 0.25) is 0 Å². The minimum Gasteiger partial charge on any atom is -0.494 e. The van der Waals surface area contributed by atoms with Gasteiger partial charge in [0.05, 0.1) is 7.11 Å². The summed E-state index contributed by atoms with van der Waals surface area (Å²) in [5.41, 5.74) is 2.20. The van der Waals surface area contributed by atoms with Crippen molar-refractivity contribution in [1.29, 1.82) is 0 Å². The van der Waals surface area contributed by atoms with Crippen LogP contribution in [-0.2, 0) is 0 Å². The first kappa shape index (κ1) is 16.0. The van der Waals surface area contributed by atoms with Gasteiger partial charge in [0.25, 0.3) is 0 Å². The lowest BCUT2D eigenvalue weighted by molar-refractivity contribution is 0.384. The molecule has 0 bridgehead atoms. The van der Waals surface area contributed by atoms with Crippen LogP contribution in [0.5, 0.6) is 5.75 Å². The van der Waals surface area contributed by atoms with Gasteiger partial charge >= 0.3 is 0 Å². The van der Waals surface area contributed by atoms with Crippen molar-refractivity contribution in [3.8, 4) is 5.75 Å². The second kappa shape index (κ2) is 7.05. The number of ether oxygens (including phenoxy) is 1. The van der Waals surface area contributed by atoms with Gasteiger partial charge in [0.15, 0.2) is 11.6 Å². The Morgan fingerprint density at radius 1 is 1.00 bits per heavy atom. The maximum atomic E-state index is 13.4. The molecule has 2 rings (SSSR count). The highest BCUT2D eigenvalue weighted by Crippen LogP contribution is 2.25. The summed E-state index contributed by atoms with van der Waals surface area (Å²) in [4.78, 5) is 0. The molecule has 21 heavy (non-hydrogen) atoms. The van der Waals surface area contributed by atoms with Crippen LogP contribution in [-0.4, -0.2) is 7.11 Å². The van der Waals surface area contributed by atoms with Crippen molar-refractivity contribution < 1.29 is 9.13 Å². The fraction of sp³-hybridized carbons (Fsp3) is 0.294. The van der Waals surface area contributed by atoms with Crippen molar-refractivity contribution >= 4 is 15.9 Å². The summed E-state index contributed by atoms with van der Waals surface area (Å²) in [7, 11) is 1.48. The molecule has 0 aromatic heterocycles. The first-order valence-corrected chi connectivity index (χ1v) is 7.65. The van der Waals surface area contributed by atoms with Crippen LogP contribution < -0.4 is 10.1 Å². The Hall–Kier alpha value is -1.39. The number of halogens is 2. The molecule has 2 atom stereocenters. The van der Waals surface area contributed by atoms with Crippen molar-refractivity contribution in [2.45, 2.75) is 25.9 Å². The Labute approximate surface area is 133 Å². The summed E-state index contributed by atoms with van der Waals surface area (Å²) in [6.45, 7) is 4.17. The van der Waals surface area contributed by atoms with Crippen LogP contribution in [0.25, 0.3) is 0 Å². The van der Waals surface area contributed by atoms with Crippen molar-refractivity contribution in [2.75, 3.05) is 7.11 Å². The molecule has 0 aliphatic carbocycles. The molecule has 2 nitrogen and oxygen atoms in total. The Balaban J connectivity index is 2.10. The van der Waals surface area contributed by atoms with Gasteiger partial charge in [-0.25, -0.2) is 4.39 Å². The highest BCUT2D eigenvalue weighted by atomic mass is 79.9. The molecule has 1 unspecified atom stereocenters. The van der Waals surface area contributed by atoms with Crippen molar-refractivity contribution in [3.05, 3.63) is 63.9 Å². The van der Waals surface area contributed by atoms with Gasteiger partial charge in [-0.3, -0.25) is 0 Å². The number of benzene rings is 2. The predicted octanol–water partition coefficient (Wildman–Crippen LogP) is 5.01. The van der Waals surface area contributed by atoms with E-state index in [9.17, 15) is 4.39 Å². The molecule has 0 fully saturated rings. The van der Waals surface area contributed by atoms with E-state index < -0.39 is 0 Å². The van der Waals surface area contributed by atoms with Crippen LogP contribution in [0.15, 0.2) is 46.9 Å². The standard InChI is InChI=1S/C17H19BrFNO/c1-11(13-4-7-15(18)8-5-13)20-12(2)14-6-9-16(19)17(10-14)21-3/h4-12,20H,1-3H3/t11-,12?/m0/s1. The van der Waals surface area contributed by atoms with E-state index in [0.29, 0.717) is 0 Å². The van der Waals surface area contributed by atoms with E-state index in [4.69, 9.17) is 4.74 Å². The maximum absolute atomic E-state index is 13.4. The summed E-state index contributed by atoms with van der Waals surface area (Å²) >= 11 is 3.43. The number of nitrogens with one attached hydrogen (secondary N) is 1. The van der Waals surface area contributed by atoms with E-state index in [-0.39, 0.29) is 23.7 Å². The summed E-state index contributed by atoms with van der Waals surface area (Å²) in [5.74, 6) is -0.0631. The maximum Gasteiger partial charge on any atom is 0.165 e. The van der Waals surface area contributed by atoms with Crippen LogP contribution in [0.4, 0.5) is 4.39 Å². The quantitative estimate of drug-likeness (QED) is 0.817. The molecule has 1 N–H and O–H groups in total. The lowest BCUT2D eigenvalue weighted by Gasteiger charge is -2.21. The van der Waals surface area contributed by atoms with Gasteiger partial charge in [-0.15, -0.1) is 0 Å². The molecule has 0 saturated heterocycles. The first-order chi connectivity index (χ1) is 10.0. The number of methoxy groups -OCH3 is 1. The van der Waals surface area contributed by atoms with Crippen molar-refractivity contribution in [1.82, 2.24) is 5.32 Å². The van der Waals surface area contributed by atoms with Gasteiger partial charge < -0.3 is 10.1 Å². The van der Waals surface area contributed by atoms with Gasteiger partial charge in [0.2, 0.25) is 0 Å². The molecule has 112 valence electrons. The molecular formula is C17H19BrFNO. The zero-order valence-electron chi connectivity index (χ0n) is 12.4. The molecule has 0 saturated carbocycles. The van der Waals surface area contributed by atoms with Crippen molar-refractivity contribution in [3.63, 3.8) is 0 Å². The van der Waals surface area contributed by atoms with Gasteiger partial charge in [-0.2, -0.15) is 0 Å². The average Bonchev–Trinajstić information content (AvgIpc) is 2.48. The van der Waals surface area contributed by atoms with Gasteiger partial charge in [0, 0.05) is 16.6 Å². The van der Waals surface area contributed by atoms with E-state index in [1.54, 1.807) is 12.1 Å².